The molecule has 0 saturated carbocycles. The largest absolute Gasteiger partial charge is 0.494 e. The molecule has 194 valence electrons. The molecule has 0 aromatic heterocycles. The molecule has 2 aromatic carbocycles. The zero-order chi connectivity index (χ0) is 26.6. The number of rotatable bonds is 9. The SMILES string of the molecule is CC(=O)NCCCCOc1cc(C)c(S(=O)(=O)Nc2cc(C(F)(F)F)cc(C(F)(F)F)c2)c(C)c1. The van der Waals surface area contributed by atoms with Crippen LogP contribution >= 0.6 is 0 Å². The van der Waals surface area contributed by atoms with Gasteiger partial charge in [0, 0.05) is 13.5 Å². The smallest absolute Gasteiger partial charge is 0.416 e. The molecule has 0 aliphatic heterocycles. The summed E-state index contributed by atoms with van der Waals surface area (Å²) in [6, 6.07) is 3.33. The number of benzene rings is 2. The molecule has 0 aliphatic carbocycles. The van der Waals surface area contributed by atoms with Gasteiger partial charge in [-0.1, -0.05) is 0 Å². The van der Waals surface area contributed by atoms with Gasteiger partial charge in [0.1, 0.15) is 5.75 Å². The fourth-order valence-corrected chi connectivity index (χ4v) is 4.82. The maximum absolute atomic E-state index is 13.1. The van der Waals surface area contributed by atoms with Gasteiger partial charge in [-0.05, 0) is 68.1 Å². The fraction of sp³-hybridized carbons (Fsp3) is 0.409. The number of carbonyl (C=O) groups is 1. The minimum absolute atomic E-state index is 0.0867. The molecule has 0 spiro atoms. The van der Waals surface area contributed by atoms with Crippen LogP contribution in [0, 0.1) is 13.8 Å². The standard InChI is InChI=1S/C22H24F6N2O4S/c1-13-8-19(34-7-5-4-6-29-15(3)31)9-14(2)20(13)35(32,33)30-18-11-16(21(23,24)25)10-17(12-18)22(26,27)28/h8-12,30H,4-7H2,1-3H3,(H,29,31). The Labute approximate surface area is 198 Å². The predicted octanol–water partition coefficient (Wildman–Crippen LogP) is 5.44. The summed E-state index contributed by atoms with van der Waals surface area (Å²) >= 11 is 0. The lowest BCUT2D eigenvalue weighted by Gasteiger charge is -2.18. The van der Waals surface area contributed by atoms with Gasteiger partial charge in [-0.15, -0.1) is 0 Å². The van der Waals surface area contributed by atoms with E-state index in [1.165, 1.54) is 32.9 Å². The van der Waals surface area contributed by atoms with Crippen LogP contribution in [0.5, 0.6) is 5.75 Å². The molecule has 6 nitrogen and oxygen atoms in total. The Balaban J connectivity index is 2.26. The first-order valence-corrected chi connectivity index (χ1v) is 11.8. The van der Waals surface area contributed by atoms with Crippen LogP contribution in [0.4, 0.5) is 32.0 Å². The zero-order valence-corrected chi connectivity index (χ0v) is 19.8. The average Bonchev–Trinajstić information content (AvgIpc) is 2.67. The molecule has 35 heavy (non-hydrogen) atoms. The summed E-state index contributed by atoms with van der Waals surface area (Å²) in [5.41, 5.74) is -3.77. The van der Waals surface area contributed by atoms with E-state index in [1.807, 2.05) is 4.72 Å². The van der Waals surface area contributed by atoms with Crippen molar-refractivity contribution in [3.63, 3.8) is 0 Å². The summed E-state index contributed by atoms with van der Waals surface area (Å²) in [5.74, 6) is 0.194. The van der Waals surface area contributed by atoms with Crippen molar-refractivity contribution in [3.8, 4) is 5.75 Å². The molecule has 0 bridgehead atoms. The van der Waals surface area contributed by atoms with E-state index in [0.29, 0.717) is 37.3 Å². The number of nitrogens with one attached hydrogen (secondary N) is 2. The van der Waals surface area contributed by atoms with Crippen molar-refractivity contribution in [2.45, 2.75) is 50.9 Å². The molecule has 0 radical (unpaired) electrons. The van der Waals surface area contributed by atoms with Crippen molar-refractivity contribution in [2.24, 2.45) is 0 Å². The number of amides is 1. The molecule has 0 fully saturated rings. The summed E-state index contributed by atoms with van der Waals surface area (Å²) in [6.07, 6.45) is -8.97. The number of aryl methyl sites for hydroxylation is 2. The lowest BCUT2D eigenvalue weighted by molar-refractivity contribution is -0.143. The number of unbranched alkanes of at least 4 members (excludes halogenated alkanes) is 1. The van der Waals surface area contributed by atoms with E-state index in [4.69, 9.17) is 4.74 Å². The highest BCUT2D eigenvalue weighted by Gasteiger charge is 2.37. The van der Waals surface area contributed by atoms with Gasteiger partial charge >= 0.3 is 12.4 Å². The molecule has 0 atom stereocenters. The topological polar surface area (TPSA) is 84.5 Å². The number of hydrogen-bond acceptors (Lipinski definition) is 4. The molecular formula is C22H24F6N2O4S. The highest BCUT2D eigenvalue weighted by Crippen LogP contribution is 2.38. The van der Waals surface area contributed by atoms with Crippen LogP contribution in [0.15, 0.2) is 35.2 Å². The Bertz CT molecular complexity index is 1120. The second-order valence-electron chi connectivity index (χ2n) is 7.82. The normalized spacial score (nSPS) is 12.4. The maximum Gasteiger partial charge on any atom is 0.416 e. The van der Waals surface area contributed by atoms with Crippen LogP contribution in [-0.2, 0) is 27.2 Å². The van der Waals surface area contributed by atoms with Gasteiger partial charge in [0.15, 0.2) is 0 Å². The Hall–Kier alpha value is -2.96. The van der Waals surface area contributed by atoms with E-state index in [2.05, 4.69) is 5.32 Å². The van der Waals surface area contributed by atoms with E-state index in [1.54, 1.807) is 0 Å². The third-order valence-corrected chi connectivity index (χ3v) is 6.44. The van der Waals surface area contributed by atoms with E-state index in [0.717, 1.165) is 0 Å². The molecular weight excluding hydrogens is 502 g/mol. The Morgan fingerprint density at radius 3 is 1.86 bits per heavy atom. The second kappa shape index (κ2) is 10.8. The fourth-order valence-electron chi connectivity index (χ4n) is 3.32. The lowest BCUT2D eigenvalue weighted by atomic mass is 10.1. The van der Waals surface area contributed by atoms with Gasteiger partial charge < -0.3 is 10.1 Å². The number of ether oxygens (including phenoxy) is 1. The molecule has 0 unspecified atom stereocenters. The van der Waals surface area contributed by atoms with Gasteiger partial charge in [0.05, 0.1) is 28.3 Å². The molecule has 1 amide bonds. The molecule has 0 aliphatic rings. The van der Waals surface area contributed by atoms with Gasteiger partial charge in [0.2, 0.25) is 5.91 Å². The third-order valence-electron chi connectivity index (χ3n) is 4.76. The van der Waals surface area contributed by atoms with Gasteiger partial charge in [-0.3, -0.25) is 9.52 Å². The van der Waals surface area contributed by atoms with Gasteiger partial charge in [0.25, 0.3) is 10.0 Å². The first-order chi connectivity index (χ1) is 16.0. The second-order valence-corrected chi connectivity index (χ2v) is 9.44. The van der Waals surface area contributed by atoms with E-state index >= 15 is 0 Å². The average molecular weight is 526 g/mol. The first-order valence-electron chi connectivity index (χ1n) is 10.3. The maximum atomic E-state index is 13.1. The minimum Gasteiger partial charge on any atom is -0.494 e. The molecule has 2 aromatic rings. The van der Waals surface area contributed by atoms with Crippen molar-refractivity contribution in [2.75, 3.05) is 17.9 Å². The van der Waals surface area contributed by atoms with Crippen LogP contribution in [0.2, 0.25) is 0 Å². The molecule has 2 N–H and O–H groups in total. The number of alkyl halides is 6. The number of halogens is 6. The van der Waals surface area contributed by atoms with Crippen molar-refractivity contribution in [1.29, 1.82) is 0 Å². The van der Waals surface area contributed by atoms with E-state index in [9.17, 15) is 39.6 Å². The Morgan fingerprint density at radius 1 is 0.886 bits per heavy atom. The third kappa shape index (κ3) is 8.05. The van der Waals surface area contributed by atoms with Gasteiger partial charge in [-0.2, -0.15) is 26.3 Å². The Morgan fingerprint density at radius 2 is 1.40 bits per heavy atom. The number of anilines is 1. The predicted molar refractivity (Wildman–Crippen MR) is 117 cm³/mol. The summed E-state index contributed by atoms with van der Waals surface area (Å²) in [4.78, 5) is 10.5. The number of sulfonamides is 1. The highest BCUT2D eigenvalue weighted by molar-refractivity contribution is 7.92. The summed E-state index contributed by atoms with van der Waals surface area (Å²) in [5, 5.41) is 2.64. The first kappa shape index (κ1) is 28.3. The van der Waals surface area contributed by atoms with E-state index < -0.39 is 39.2 Å². The quantitative estimate of drug-likeness (QED) is 0.337. The van der Waals surface area contributed by atoms with Crippen molar-refractivity contribution >= 4 is 21.6 Å². The summed E-state index contributed by atoms with van der Waals surface area (Å²) in [6.45, 7) is 5.02. The van der Waals surface area contributed by atoms with Crippen LogP contribution in [0.1, 0.15) is 42.0 Å². The van der Waals surface area contributed by atoms with Crippen molar-refractivity contribution in [3.05, 3.63) is 52.6 Å². The molecule has 0 saturated heterocycles. The van der Waals surface area contributed by atoms with Crippen LogP contribution in [0.25, 0.3) is 0 Å². The summed E-state index contributed by atoms with van der Waals surface area (Å²) in [7, 11) is -4.54. The van der Waals surface area contributed by atoms with Crippen LogP contribution < -0.4 is 14.8 Å². The summed E-state index contributed by atoms with van der Waals surface area (Å²) < 4.78 is 112. The monoisotopic (exact) mass is 526 g/mol. The molecule has 13 heteroatoms. The molecule has 0 heterocycles. The van der Waals surface area contributed by atoms with Gasteiger partial charge in [-0.25, -0.2) is 8.42 Å². The highest BCUT2D eigenvalue weighted by atomic mass is 32.2. The Kier molecular flexibility index (Phi) is 8.69. The van der Waals surface area contributed by atoms with Crippen LogP contribution in [-0.4, -0.2) is 27.5 Å². The number of carbonyl (C=O) groups excluding carboxylic acids is 1. The lowest BCUT2D eigenvalue weighted by Crippen LogP contribution is -2.21. The number of hydrogen-bond donors (Lipinski definition) is 2. The van der Waals surface area contributed by atoms with E-state index in [-0.39, 0.29) is 34.6 Å². The van der Waals surface area contributed by atoms with Crippen molar-refractivity contribution < 1.29 is 44.3 Å². The molecule has 2 rings (SSSR count). The zero-order valence-electron chi connectivity index (χ0n) is 19.0. The van der Waals surface area contributed by atoms with Crippen molar-refractivity contribution in [1.82, 2.24) is 5.32 Å². The van der Waals surface area contributed by atoms with Crippen LogP contribution in [0.3, 0.4) is 0 Å². The minimum atomic E-state index is -5.12.